The number of anilines is 1. The van der Waals surface area contributed by atoms with Gasteiger partial charge in [0, 0.05) is 18.8 Å². The molecule has 2 rings (SSSR count). The Bertz CT molecular complexity index is 261. The molecular weight excluding hydrogens is 146 g/mol. The molecule has 1 aromatic carbocycles. The number of nitrogens with zero attached hydrogens (tertiary/aromatic N) is 1. The second-order valence-corrected chi connectivity index (χ2v) is 3.48. The summed E-state index contributed by atoms with van der Waals surface area (Å²) in [5.74, 6) is 0. The molecule has 0 unspecified atom stereocenters. The Balaban J connectivity index is 2.26. The van der Waals surface area contributed by atoms with Crippen molar-refractivity contribution < 1.29 is 0 Å². The smallest absolute Gasteiger partial charge is 0.0395 e. The Morgan fingerprint density at radius 2 is 1.75 bits per heavy atom. The minimum Gasteiger partial charge on any atom is -0.371 e. The van der Waals surface area contributed by atoms with Gasteiger partial charge in [0.25, 0.3) is 0 Å². The molecule has 0 N–H and O–H groups in total. The van der Waals surface area contributed by atoms with Crippen LogP contribution in [0.5, 0.6) is 0 Å². The number of rotatable bonds is 1. The van der Waals surface area contributed by atoms with Crippen LogP contribution in [0.1, 0.15) is 18.4 Å². The molecule has 64 valence electrons. The molecule has 0 aromatic heterocycles. The van der Waals surface area contributed by atoms with Gasteiger partial charge in [0.05, 0.1) is 0 Å². The van der Waals surface area contributed by atoms with Crippen LogP contribution < -0.4 is 4.90 Å². The van der Waals surface area contributed by atoms with Crippen molar-refractivity contribution in [2.24, 2.45) is 0 Å². The molecule has 0 spiro atoms. The number of hydrogen-bond donors (Lipinski definition) is 0. The predicted molar refractivity (Wildman–Crippen MR) is 52.6 cm³/mol. The normalized spacial score (nSPS) is 16.9. The summed E-state index contributed by atoms with van der Waals surface area (Å²) in [5.41, 5.74) is 2.83. The summed E-state index contributed by atoms with van der Waals surface area (Å²) < 4.78 is 0. The Morgan fingerprint density at radius 3 is 2.42 bits per heavy atom. The fourth-order valence-electron chi connectivity index (χ4n) is 1.88. The Morgan fingerprint density at radius 1 is 1.08 bits per heavy atom. The SMILES string of the molecule is Cc1ccccc1N1CCCC1. The van der Waals surface area contributed by atoms with E-state index in [1.165, 1.54) is 37.2 Å². The summed E-state index contributed by atoms with van der Waals surface area (Å²) in [6.45, 7) is 4.67. The summed E-state index contributed by atoms with van der Waals surface area (Å²) in [7, 11) is 0. The highest BCUT2D eigenvalue weighted by molar-refractivity contribution is 5.53. The van der Waals surface area contributed by atoms with Gasteiger partial charge in [-0.15, -0.1) is 0 Å². The summed E-state index contributed by atoms with van der Waals surface area (Å²) in [6.07, 6.45) is 2.71. The highest BCUT2D eigenvalue weighted by atomic mass is 15.1. The molecule has 1 nitrogen and oxygen atoms in total. The van der Waals surface area contributed by atoms with Crippen molar-refractivity contribution >= 4 is 5.69 Å². The molecule has 12 heavy (non-hydrogen) atoms. The van der Waals surface area contributed by atoms with Crippen LogP contribution in [0.4, 0.5) is 5.69 Å². The third-order valence-corrected chi connectivity index (χ3v) is 2.56. The second kappa shape index (κ2) is 3.18. The molecule has 0 radical (unpaired) electrons. The molecule has 1 fully saturated rings. The van der Waals surface area contributed by atoms with Gasteiger partial charge >= 0.3 is 0 Å². The molecule has 0 atom stereocenters. The minimum atomic E-state index is 1.24. The summed E-state index contributed by atoms with van der Waals surface area (Å²) in [6, 6.07) is 8.64. The molecular formula is C11H15N. The first-order valence-electron chi connectivity index (χ1n) is 4.68. The molecule has 1 aliphatic rings. The van der Waals surface area contributed by atoms with Crippen LogP contribution in [0.2, 0.25) is 0 Å². The topological polar surface area (TPSA) is 3.24 Å². The molecule has 0 saturated carbocycles. The predicted octanol–water partition coefficient (Wildman–Crippen LogP) is 2.60. The van der Waals surface area contributed by atoms with Crippen molar-refractivity contribution in [1.82, 2.24) is 0 Å². The maximum Gasteiger partial charge on any atom is 0.0395 e. The number of aryl methyl sites for hydroxylation is 1. The molecule has 1 saturated heterocycles. The average molecular weight is 161 g/mol. The first-order valence-corrected chi connectivity index (χ1v) is 4.68. The van der Waals surface area contributed by atoms with Crippen molar-refractivity contribution in [1.29, 1.82) is 0 Å². The first-order chi connectivity index (χ1) is 5.88. The van der Waals surface area contributed by atoms with Crippen molar-refractivity contribution in [3.63, 3.8) is 0 Å². The van der Waals surface area contributed by atoms with Crippen molar-refractivity contribution in [3.05, 3.63) is 29.8 Å². The van der Waals surface area contributed by atoms with Gasteiger partial charge in [-0.1, -0.05) is 18.2 Å². The minimum absolute atomic E-state index is 1.24. The summed E-state index contributed by atoms with van der Waals surface area (Å²) in [4.78, 5) is 2.48. The van der Waals surface area contributed by atoms with Crippen molar-refractivity contribution in [3.8, 4) is 0 Å². The lowest BCUT2D eigenvalue weighted by molar-refractivity contribution is 0.949. The van der Waals surface area contributed by atoms with Crippen LogP contribution >= 0.6 is 0 Å². The summed E-state index contributed by atoms with van der Waals surface area (Å²) in [5, 5.41) is 0. The monoisotopic (exact) mass is 161 g/mol. The van der Waals surface area contributed by atoms with Gasteiger partial charge in [0.15, 0.2) is 0 Å². The van der Waals surface area contributed by atoms with Gasteiger partial charge < -0.3 is 4.90 Å². The van der Waals surface area contributed by atoms with E-state index in [0.29, 0.717) is 0 Å². The van der Waals surface area contributed by atoms with Gasteiger partial charge in [-0.05, 0) is 31.4 Å². The highest BCUT2D eigenvalue weighted by Crippen LogP contribution is 2.23. The Kier molecular flexibility index (Phi) is 2.03. The van der Waals surface area contributed by atoms with Crippen LogP contribution in [0.25, 0.3) is 0 Å². The lowest BCUT2D eigenvalue weighted by Gasteiger charge is -2.19. The van der Waals surface area contributed by atoms with Gasteiger partial charge in [-0.3, -0.25) is 0 Å². The summed E-state index contributed by atoms with van der Waals surface area (Å²) >= 11 is 0. The zero-order valence-electron chi connectivity index (χ0n) is 7.59. The number of benzene rings is 1. The molecule has 1 aliphatic heterocycles. The zero-order valence-corrected chi connectivity index (χ0v) is 7.59. The first kappa shape index (κ1) is 7.66. The van der Waals surface area contributed by atoms with Gasteiger partial charge in [-0.2, -0.15) is 0 Å². The van der Waals surface area contributed by atoms with E-state index in [0.717, 1.165) is 0 Å². The maximum atomic E-state index is 2.48. The van der Waals surface area contributed by atoms with Gasteiger partial charge in [0.2, 0.25) is 0 Å². The third-order valence-electron chi connectivity index (χ3n) is 2.56. The lowest BCUT2D eigenvalue weighted by Crippen LogP contribution is -2.18. The molecule has 0 bridgehead atoms. The maximum absolute atomic E-state index is 2.48. The van der Waals surface area contributed by atoms with Gasteiger partial charge in [0.1, 0.15) is 0 Å². The van der Waals surface area contributed by atoms with E-state index >= 15 is 0 Å². The molecule has 1 aromatic rings. The van der Waals surface area contributed by atoms with E-state index in [4.69, 9.17) is 0 Å². The Labute approximate surface area is 74.0 Å². The fraction of sp³-hybridized carbons (Fsp3) is 0.455. The molecule has 1 heteroatoms. The Hall–Kier alpha value is -0.980. The molecule has 1 heterocycles. The van der Waals surface area contributed by atoms with Gasteiger partial charge in [-0.25, -0.2) is 0 Å². The van der Waals surface area contributed by atoms with Crippen LogP contribution in [0.15, 0.2) is 24.3 Å². The van der Waals surface area contributed by atoms with E-state index in [2.05, 4.69) is 36.1 Å². The lowest BCUT2D eigenvalue weighted by atomic mass is 10.2. The molecule has 0 aliphatic carbocycles. The third kappa shape index (κ3) is 1.31. The number of hydrogen-bond acceptors (Lipinski definition) is 1. The van der Waals surface area contributed by atoms with E-state index < -0.39 is 0 Å². The van der Waals surface area contributed by atoms with Crippen LogP contribution in [-0.2, 0) is 0 Å². The van der Waals surface area contributed by atoms with Crippen molar-refractivity contribution in [2.75, 3.05) is 18.0 Å². The van der Waals surface area contributed by atoms with Crippen LogP contribution in [-0.4, -0.2) is 13.1 Å². The molecule has 0 amide bonds. The van der Waals surface area contributed by atoms with Crippen LogP contribution in [0, 0.1) is 6.92 Å². The average Bonchev–Trinajstić information content (AvgIpc) is 2.57. The standard InChI is InChI=1S/C11H15N/c1-10-6-2-3-7-11(10)12-8-4-5-9-12/h2-3,6-7H,4-5,8-9H2,1H3. The van der Waals surface area contributed by atoms with E-state index in [1.807, 2.05) is 0 Å². The van der Waals surface area contributed by atoms with Crippen molar-refractivity contribution in [2.45, 2.75) is 19.8 Å². The van der Waals surface area contributed by atoms with E-state index in [9.17, 15) is 0 Å². The number of para-hydroxylation sites is 1. The quantitative estimate of drug-likeness (QED) is 0.612. The van der Waals surface area contributed by atoms with E-state index in [1.54, 1.807) is 0 Å². The van der Waals surface area contributed by atoms with E-state index in [-0.39, 0.29) is 0 Å². The largest absolute Gasteiger partial charge is 0.371 e. The highest BCUT2D eigenvalue weighted by Gasteiger charge is 2.12. The zero-order chi connectivity index (χ0) is 8.39. The fourth-order valence-corrected chi connectivity index (χ4v) is 1.88. The second-order valence-electron chi connectivity index (χ2n) is 3.48. The van der Waals surface area contributed by atoms with Crippen LogP contribution in [0.3, 0.4) is 0 Å².